The van der Waals surface area contributed by atoms with Gasteiger partial charge in [0.05, 0.1) is 0 Å². The standard InChI is InChI=1S/C11H14N2O3S/c1-7-5-9(3-4-12-7)17-6-10(11(15)16)13-8(2)14/h3-5,10H,6H2,1-2H3,(H,13,14)(H,15,16). The number of thioether (sulfide) groups is 1. The molecule has 0 spiro atoms. The summed E-state index contributed by atoms with van der Waals surface area (Å²) in [4.78, 5) is 26.7. The van der Waals surface area contributed by atoms with Gasteiger partial charge in [0.25, 0.3) is 0 Å². The molecule has 0 aliphatic carbocycles. The van der Waals surface area contributed by atoms with Crippen LogP contribution in [-0.2, 0) is 9.59 Å². The van der Waals surface area contributed by atoms with Crippen molar-refractivity contribution >= 4 is 23.6 Å². The average molecular weight is 254 g/mol. The normalized spacial score (nSPS) is 11.9. The third-order valence-electron chi connectivity index (χ3n) is 1.96. The SMILES string of the molecule is CC(=O)NC(CSc1ccnc(C)c1)C(=O)O. The highest BCUT2D eigenvalue weighted by atomic mass is 32.2. The largest absolute Gasteiger partial charge is 0.480 e. The molecular weight excluding hydrogens is 240 g/mol. The summed E-state index contributed by atoms with van der Waals surface area (Å²) in [6, 6.07) is 2.81. The number of aliphatic carboxylic acids is 1. The van der Waals surface area contributed by atoms with Gasteiger partial charge in [-0.05, 0) is 19.1 Å². The van der Waals surface area contributed by atoms with E-state index in [0.29, 0.717) is 5.75 Å². The minimum absolute atomic E-state index is 0.290. The molecule has 1 heterocycles. The summed E-state index contributed by atoms with van der Waals surface area (Å²) in [7, 11) is 0. The van der Waals surface area contributed by atoms with Gasteiger partial charge >= 0.3 is 5.97 Å². The van der Waals surface area contributed by atoms with Crippen LogP contribution in [0.15, 0.2) is 23.2 Å². The second kappa shape index (κ2) is 6.24. The van der Waals surface area contributed by atoms with Crippen LogP contribution in [0.5, 0.6) is 0 Å². The number of aryl methyl sites for hydroxylation is 1. The van der Waals surface area contributed by atoms with E-state index < -0.39 is 12.0 Å². The average Bonchev–Trinajstić information content (AvgIpc) is 2.23. The first kappa shape index (κ1) is 13.5. The van der Waals surface area contributed by atoms with Gasteiger partial charge in [0.15, 0.2) is 0 Å². The van der Waals surface area contributed by atoms with Gasteiger partial charge in [0.2, 0.25) is 5.91 Å². The summed E-state index contributed by atoms with van der Waals surface area (Å²) in [5.74, 6) is -1.08. The molecule has 0 aromatic carbocycles. The topological polar surface area (TPSA) is 79.3 Å². The van der Waals surface area contributed by atoms with E-state index in [1.807, 2.05) is 19.1 Å². The molecule has 0 fully saturated rings. The fourth-order valence-corrected chi connectivity index (χ4v) is 2.20. The third-order valence-corrected chi connectivity index (χ3v) is 3.05. The van der Waals surface area contributed by atoms with E-state index in [1.54, 1.807) is 6.20 Å². The van der Waals surface area contributed by atoms with Crippen LogP contribution in [0.3, 0.4) is 0 Å². The third kappa shape index (κ3) is 4.86. The van der Waals surface area contributed by atoms with E-state index in [1.165, 1.54) is 18.7 Å². The number of nitrogens with zero attached hydrogens (tertiary/aromatic N) is 1. The molecule has 0 aliphatic rings. The Morgan fingerprint density at radius 2 is 2.29 bits per heavy atom. The number of aromatic nitrogens is 1. The van der Waals surface area contributed by atoms with Crippen molar-refractivity contribution in [1.82, 2.24) is 10.3 Å². The number of pyridine rings is 1. The number of rotatable bonds is 5. The molecule has 1 aromatic heterocycles. The van der Waals surface area contributed by atoms with E-state index in [4.69, 9.17) is 5.11 Å². The van der Waals surface area contributed by atoms with E-state index in [9.17, 15) is 9.59 Å². The van der Waals surface area contributed by atoms with Crippen LogP contribution in [0, 0.1) is 6.92 Å². The molecule has 1 atom stereocenters. The highest BCUT2D eigenvalue weighted by molar-refractivity contribution is 7.99. The summed E-state index contributed by atoms with van der Waals surface area (Å²) in [6.45, 7) is 3.17. The van der Waals surface area contributed by atoms with Gasteiger partial charge in [0.1, 0.15) is 6.04 Å². The van der Waals surface area contributed by atoms with Gasteiger partial charge in [-0.2, -0.15) is 0 Å². The lowest BCUT2D eigenvalue weighted by Crippen LogP contribution is -2.41. The highest BCUT2D eigenvalue weighted by Gasteiger charge is 2.18. The Bertz CT molecular complexity index is 423. The second-order valence-electron chi connectivity index (χ2n) is 3.54. The summed E-state index contributed by atoms with van der Waals surface area (Å²) in [5, 5.41) is 11.3. The van der Waals surface area contributed by atoms with Crippen molar-refractivity contribution < 1.29 is 14.7 Å². The van der Waals surface area contributed by atoms with Crippen LogP contribution >= 0.6 is 11.8 Å². The van der Waals surface area contributed by atoms with Gasteiger partial charge < -0.3 is 10.4 Å². The molecule has 92 valence electrons. The van der Waals surface area contributed by atoms with Crippen LogP contribution in [0.2, 0.25) is 0 Å². The van der Waals surface area contributed by atoms with Crippen molar-refractivity contribution in [3.05, 3.63) is 24.0 Å². The highest BCUT2D eigenvalue weighted by Crippen LogP contribution is 2.18. The van der Waals surface area contributed by atoms with Crippen LogP contribution in [-0.4, -0.2) is 33.8 Å². The van der Waals surface area contributed by atoms with Crippen LogP contribution in [0.4, 0.5) is 0 Å². The maximum atomic E-state index is 10.9. The Balaban J connectivity index is 2.57. The fourth-order valence-electron chi connectivity index (χ4n) is 1.21. The molecule has 0 saturated heterocycles. The van der Waals surface area contributed by atoms with Crippen LogP contribution in [0.1, 0.15) is 12.6 Å². The maximum Gasteiger partial charge on any atom is 0.327 e. The Labute approximate surface area is 104 Å². The number of carboxylic acid groups (broad SMARTS) is 1. The van der Waals surface area contributed by atoms with Gasteiger partial charge in [0, 0.05) is 29.5 Å². The number of hydrogen-bond donors (Lipinski definition) is 2. The van der Waals surface area contributed by atoms with Crippen molar-refractivity contribution in [2.45, 2.75) is 24.8 Å². The Kier molecular flexibility index (Phi) is 4.96. The predicted octanol–water partition coefficient (Wildman–Crippen LogP) is 1.07. The molecule has 6 heteroatoms. The molecule has 17 heavy (non-hydrogen) atoms. The number of carboxylic acids is 1. The molecule has 1 rings (SSSR count). The van der Waals surface area contributed by atoms with E-state index >= 15 is 0 Å². The van der Waals surface area contributed by atoms with Crippen molar-refractivity contribution in [2.75, 3.05) is 5.75 Å². The van der Waals surface area contributed by atoms with Gasteiger partial charge in [-0.3, -0.25) is 9.78 Å². The first-order chi connectivity index (χ1) is 7.99. The quantitative estimate of drug-likeness (QED) is 0.768. The molecule has 2 N–H and O–H groups in total. The number of carbonyl (C=O) groups excluding carboxylic acids is 1. The molecule has 0 bridgehead atoms. The van der Waals surface area contributed by atoms with Gasteiger partial charge in [-0.1, -0.05) is 0 Å². The van der Waals surface area contributed by atoms with Crippen molar-refractivity contribution in [3.63, 3.8) is 0 Å². The molecule has 1 amide bonds. The summed E-state index contributed by atoms with van der Waals surface area (Å²) in [6.07, 6.45) is 1.67. The smallest absolute Gasteiger partial charge is 0.327 e. The lowest BCUT2D eigenvalue weighted by atomic mass is 10.3. The lowest BCUT2D eigenvalue weighted by molar-refractivity contribution is -0.140. The summed E-state index contributed by atoms with van der Waals surface area (Å²) >= 11 is 1.38. The van der Waals surface area contributed by atoms with E-state index in [0.717, 1.165) is 10.6 Å². The monoisotopic (exact) mass is 254 g/mol. The zero-order chi connectivity index (χ0) is 12.8. The van der Waals surface area contributed by atoms with Crippen molar-refractivity contribution in [3.8, 4) is 0 Å². The molecule has 1 aromatic rings. The molecule has 0 saturated carbocycles. The number of nitrogens with one attached hydrogen (secondary N) is 1. The minimum atomic E-state index is -1.03. The Morgan fingerprint density at radius 3 is 2.82 bits per heavy atom. The zero-order valence-corrected chi connectivity index (χ0v) is 10.5. The second-order valence-corrected chi connectivity index (χ2v) is 4.63. The lowest BCUT2D eigenvalue weighted by Gasteiger charge is -2.12. The maximum absolute atomic E-state index is 10.9. The molecular formula is C11H14N2O3S. The molecule has 1 unspecified atom stereocenters. The number of hydrogen-bond acceptors (Lipinski definition) is 4. The van der Waals surface area contributed by atoms with Crippen LogP contribution < -0.4 is 5.32 Å². The summed E-state index contributed by atoms with van der Waals surface area (Å²) in [5.41, 5.74) is 0.876. The van der Waals surface area contributed by atoms with Crippen molar-refractivity contribution in [1.29, 1.82) is 0 Å². The first-order valence-corrected chi connectivity index (χ1v) is 6.03. The summed E-state index contributed by atoms with van der Waals surface area (Å²) < 4.78 is 0. The molecule has 0 aliphatic heterocycles. The Hall–Kier alpha value is -1.56. The first-order valence-electron chi connectivity index (χ1n) is 5.04. The van der Waals surface area contributed by atoms with E-state index in [2.05, 4.69) is 10.3 Å². The Morgan fingerprint density at radius 1 is 1.59 bits per heavy atom. The fraction of sp³-hybridized carbons (Fsp3) is 0.364. The van der Waals surface area contributed by atoms with Crippen molar-refractivity contribution in [2.24, 2.45) is 0 Å². The predicted molar refractivity (Wildman–Crippen MR) is 64.9 cm³/mol. The number of amides is 1. The molecule has 5 nitrogen and oxygen atoms in total. The number of carbonyl (C=O) groups is 2. The minimum Gasteiger partial charge on any atom is -0.480 e. The zero-order valence-electron chi connectivity index (χ0n) is 9.64. The van der Waals surface area contributed by atoms with Gasteiger partial charge in [-0.15, -0.1) is 11.8 Å². The van der Waals surface area contributed by atoms with Gasteiger partial charge in [-0.25, -0.2) is 4.79 Å². The molecule has 0 radical (unpaired) electrons. The van der Waals surface area contributed by atoms with Crippen LogP contribution in [0.25, 0.3) is 0 Å². The van der Waals surface area contributed by atoms with E-state index in [-0.39, 0.29) is 5.91 Å².